The lowest BCUT2D eigenvalue weighted by molar-refractivity contribution is -0.127. The summed E-state index contributed by atoms with van der Waals surface area (Å²) in [7, 11) is -3.50. The minimum Gasteiger partial charge on any atom is -0.343 e. The van der Waals surface area contributed by atoms with Crippen LogP contribution in [0.25, 0.3) is 11.4 Å². The van der Waals surface area contributed by atoms with E-state index in [1.54, 1.807) is 29.2 Å². The predicted octanol–water partition coefficient (Wildman–Crippen LogP) is 2.96. The van der Waals surface area contributed by atoms with E-state index in [-0.39, 0.29) is 10.8 Å². The summed E-state index contributed by atoms with van der Waals surface area (Å²) in [5.74, 6) is 1.03. The Morgan fingerprint density at radius 1 is 0.967 bits per heavy atom. The Morgan fingerprint density at radius 2 is 1.57 bits per heavy atom. The minimum absolute atomic E-state index is 0.0724. The maximum absolute atomic E-state index is 12.7. The summed E-state index contributed by atoms with van der Waals surface area (Å²) in [5.41, 5.74) is 0.782. The maximum atomic E-state index is 12.7. The second kappa shape index (κ2) is 10.9. The van der Waals surface area contributed by atoms with Gasteiger partial charge in [-0.25, -0.2) is 8.42 Å². The van der Waals surface area contributed by atoms with Crippen molar-refractivity contribution in [3.8, 4) is 11.4 Å². The van der Waals surface area contributed by atoms with Crippen LogP contribution in [0.4, 0.5) is 0 Å². The quantitative estimate of drug-likeness (QED) is 0.486. The Kier molecular flexibility index (Phi) is 8.87. The molecule has 0 bridgehead atoms. The highest BCUT2D eigenvalue weighted by atomic mass is 32.2. The van der Waals surface area contributed by atoms with Gasteiger partial charge in [-0.15, -0.1) is 10.2 Å². The number of thioether (sulfide) groups is 1. The zero-order valence-electron chi connectivity index (χ0n) is 18.3. The molecule has 30 heavy (non-hydrogen) atoms. The zero-order chi connectivity index (χ0) is 22.3. The number of rotatable bonds is 11. The van der Waals surface area contributed by atoms with Gasteiger partial charge in [-0.1, -0.05) is 25.6 Å². The number of hydrogen-bond acceptors (Lipinski definition) is 6. The molecule has 0 saturated carbocycles. The SMILES string of the molecule is CCN(CC)C(=O)CSc1nnc(-c2ccc(S(=O)(=O)N(CC)CC)cc2)n1CC. The normalized spacial score (nSPS) is 11.8. The van der Waals surface area contributed by atoms with Gasteiger partial charge in [0.2, 0.25) is 15.9 Å². The molecule has 2 rings (SSSR count). The number of nitrogens with zero attached hydrogens (tertiary/aromatic N) is 5. The summed E-state index contributed by atoms with van der Waals surface area (Å²) in [6, 6.07) is 6.72. The topological polar surface area (TPSA) is 88.4 Å². The lowest BCUT2D eigenvalue weighted by atomic mass is 10.2. The Balaban J connectivity index is 2.24. The van der Waals surface area contributed by atoms with Gasteiger partial charge in [-0.05, 0) is 45.0 Å². The van der Waals surface area contributed by atoms with Crippen LogP contribution < -0.4 is 0 Å². The smallest absolute Gasteiger partial charge is 0.243 e. The second-order valence-corrected chi connectivity index (χ2v) is 9.40. The van der Waals surface area contributed by atoms with Crippen molar-refractivity contribution in [1.82, 2.24) is 24.0 Å². The molecular weight excluding hydrogens is 422 g/mol. The van der Waals surface area contributed by atoms with E-state index in [1.165, 1.54) is 16.1 Å². The van der Waals surface area contributed by atoms with Gasteiger partial charge in [-0.2, -0.15) is 4.31 Å². The highest BCUT2D eigenvalue weighted by Gasteiger charge is 2.22. The van der Waals surface area contributed by atoms with E-state index in [9.17, 15) is 13.2 Å². The van der Waals surface area contributed by atoms with Gasteiger partial charge in [0, 0.05) is 38.3 Å². The van der Waals surface area contributed by atoms with Crippen LogP contribution in [0.2, 0.25) is 0 Å². The van der Waals surface area contributed by atoms with Crippen LogP contribution in [-0.2, 0) is 21.4 Å². The molecule has 0 unspecified atom stereocenters. The minimum atomic E-state index is -3.50. The first kappa shape index (κ1) is 24.4. The second-order valence-electron chi connectivity index (χ2n) is 6.52. The summed E-state index contributed by atoms with van der Waals surface area (Å²) in [6.07, 6.45) is 0. The van der Waals surface area contributed by atoms with E-state index in [0.717, 1.165) is 5.56 Å². The lowest BCUT2D eigenvalue weighted by Gasteiger charge is -2.18. The molecule has 0 fully saturated rings. The van der Waals surface area contributed by atoms with Crippen molar-refractivity contribution in [2.45, 2.75) is 51.2 Å². The number of hydrogen-bond donors (Lipinski definition) is 0. The lowest BCUT2D eigenvalue weighted by Crippen LogP contribution is -2.31. The number of sulfonamides is 1. The molecular formula is C20H31N5O3S2. The highest BCUT2D eigenvalue weighted by Crippen LogP contribution is 2.26. The summed E-state index contributed by atoms with van der Waals surface area (Å²) in [6.45, 7) is 12.4. The molecule has 0 aliphatic carbocycles. The van der Waals surface area contributed by atoms with Crippen molar-refractivity contribution < 1.29 is 13.2 Å². The van der Waals surface area contributed by atoms with Gasteiger partial charge in [0.05, 0.1) is 10.6 Å². The fourth-order valence-electron chi connectivity index (χ4n) is 3.18. The van der Waals surface area contributed by atoms with Crippen LogP contribution in [0.3, 0.4) is 0 Å². The van der Waals surface area contributed by atoms with Crippen LogP contribution in [0.15, 0.2) is 34.3 Å². The molecule has 0 atom stereocenters. The van der Waals surface area contributed by atoms with Crippen LogP contribution >= 0.6 is 11.8 Å². The zero-order valence-corrected chi connectivity index (χ0v) is 20.0. The number of benzene rings is 1. The van der Waals surface area contributed by atoms with Crippen LogP contribution in [-0.4, -0.2) is 70.2 Å². The Bertz CT molecular complexity index is 934. The molecule has 1 aromatic heterocycles. The first-order chi connectivity index (χ1) is 14.3. The third-order valence-corrected chi connectivity index (χ3v) is 7.95. The molecule has 1 amide bonds. The van der Waals surface area contributed by atoms with Gasteiger partial charge in [0.25, 0.3) is 0 Å². The maximum Gasteiger partial charge on any atom is 0.243 e. The summed E-state index contributed by atoms with van der Waals surface area (Å²) in [4.78, 5) is 14.3. The molecule has 0 aliphatic heterocycles. The van der Waals surface area contributed by atoms with E-state index in [2.05, 4.69) is 10.2 Å². The summed E-state index contributed by atoms with van der Waals surface area (Å²) >= 11 is 1.37. The van der Waals surface area contributed by atoms with Gasteiger partial charge in [-0.3, -0.25) is 4.79 Å². The van der Waals surface area contributed by atoms with Crippen molar-refractivity contribution in [3.63, 3.8) is 0 Å². The third kappa shape index (κ3) is 5.22. The van der Waals surface area contributed by atoms with Crippen molar-refractivity contribution in [3.05, 3.63) is 24.3 Å². The van der Waals surface area contributed by atoms with Crippen molar-refractivity contribution in [2.24, 2.45) is 0 Å². The Labute approximate surface area is 183 Å². The predicted molar refractivity (Wildman–Crippen MR) is 120 cm³/mol. The molecule has 10 heteroatoms. The van der Waals surface area contributed by atoms with Crippen LogP contribution in [0.5, 0.6) is 0 Å². The van der Waals surface area contributed by atoms with Gasteiger partial charge < -0.3 is 9.47 Å². The summed E-state index contributed by atoms with van der Waals surface area (Å²) in [5, 5.41) is 9.21. The molecule has 8 nitrogen and oxygen atoms in total. The van der Waals surface area contributed by atoms with Crippen molar-refractivity contribution in [1.29, 1.82) is 0 Å². The Hall–Kier alpha value is -1.91. The average molecular weight is 454 g/mol. The molecule has 1 heterocycles. The van der Waals surface area contributed by atoms with Crippen LogP contribution in [0, 0.1) is 0 Å². The van der Waals surface area contributed by atoms with E-state index in [4.69, 9.17) is 0 Å². The van der Waals surface area contributed by atoms with Crippen LogP contribution in [0.1, 0.15) is 34.6 Å². The molecule has 166 valence electrons. The molecule has 2 aromatic rings. The fourth-order valence-corrected chi connectivity index (χ4v) is 5.54. The molecule has 0 saturated heterocycles. The highest BCUT2D eigenvalue weighted by molar-refractivity contribution is 7.99. The van der Waals surface area contributed by atoms with Crippen molar-refractivity contribution >= 4 is 27.7 Å². The molecule has 0 aliphatic rings. The number of aromatic nitrogens is 3. The molecule has 0 spiro atoms. The average Bonchev–Trinajstić information content (AvgIpc) is 3.16. The monoisotopic (exact) mass is 453 g/mol. The number of carbonyl (C=O) groups excluding carboxylic acids is 1. The number of amides is 1. The first-order valence-electron chi connectivity index (χ1n) is 10.3. The van der Waals surface area contributed by atoms with Gasteiger partial charge in [0.15, 0.2) is 11.0 Å². The van der Waals surface area contributed by atoms with E-state index in [1.807, 2.05) is 39.2 Å². The largest absolute Gasteiger partial charge is 0.343 e. The molecule has 1 aromatic carbocycles. The van der Waals surface area contributed by atoms with E-state index in [0.29, 0.717) is 49.5 Å². The van der Waals surface area contributed by atoms with Crippen molar-refractivity contribution in [2.75, 3.05) is 31.9 Å². The molecule has 0 radical (unpaired) electrons. The number of carbonyl (C=O) groups is 1. The first-order valence-corrected chi connectivity index (χ1v) is 12.7. The van der Waals surface area contributed by atoms with E-state index < -0.39 is 10.0 Å². The Morgan fingerprint density at radius 3 is 2.07 bits per heavy atom. The van der Waals surface area contributed by atoms with E-state index >= 15 is 0 Å². The summed E-state index contributed by atoms with van der Waals surface area (Å²) < 4.78 is 28.7. The molecule has 0 N–H and O–H groups in total. The third-order valence-electron chi connectivity index (χ3n) is 4.93. The van der Waals surface area contributed by atoms with Gasteiger partial charge >= 0.3 is 0 Å². The van der Waals surface area contributed by atoms with Gasteiger partial charge in [0.1, 0.15) is 0 Å². The standard InChI is InChI=1S/C20H31N5O3S2/c1-6-23(7-2)18(26)15-29-20-22-21-19(25(20)10-5)16-11-13-17(14-12-16)30(27,28)24(8-3)9-4/h11-14H,6-10,15H2,1-5H3. The fraction of sp³-hybridized carbons (Fsp3) is 0.550.